The maximum Gasteiger partial charge on any atom is 0.258 e. The number of hydrogen-bond donors (Lipinski definition) is 1. The third-order valence-electron chi connectivity index (χ3n) is 2.85. The second-order valence-corrected chi connectivity index (χ2v) is 8.06. The zero-order valence-electron chi connectivity index (χ0n) is 12.4. The first-order valence-electron chi connectivity index (χ1n) is 6.80. The molecule has 0 aliphatic carbocycles. The highest BCUT2D eigenvalue weighted by molar-refractivity contribution is 8.00. The summed E-state index contributed by atoms with van der Waals surface area (Å²) in [6.45, 7) is 3.72. The summed E-state index contributed by atoms with van der Waals surface area (Å²) in [5, 5.41) is 11.1. The van der Waals surface area contributed by atoms with Crippen molar-refractivity contribution in [3.05, 3.63) is 33.2 Å². The molecule has 0 saturated carbocycles. The summed E-state index contributed by atoms with van der Waals surface area (Å²) >= 11 is 4.23. The molecule has 0 aromatic carbocycles. The molecule has 23 heavy (non-hydrogen) atoms. The molecule has 7 nitrogen and oxygen atoms in total. The smallest absolute Gasteiger partial charge is 0.258 e. The molecule has 0 spiro atoms. The molecule has 0 bridgehead atoms. The van der Waals surface area contributed by atoms with Gasteiger partial charge in [-0.2, -0.15) is 0 Å². The highest BCUT2D eigenvalue weighted by Gasteiger charge is 2.10. The lowest BCUT2D eigenvalue weighted by molar-refractivity contribution is -0.115. The number of fused-ring (bicyclic) bond motifs is 1. The van der Waals surface area contributed by atoms with Gasteiger partial charge < -0.3 is 5.32 Å². The van der Waals surface area contributed by atoms with Gasteiger partial charge in [-0.05, 0) is 6.92 Å². The van der Waals surface area contributed by atoms with E-state index in [0.717, 1.165) is 9.22 Å². The third kappa shape index (κ3) is 3.77. The minimum absolute atomic E-state index is 0.0805. The van der Waals surface area contributed by atoms with Crippen LogP contribution in [0.3, 0.4) is 0 Å². The summed E-state index contributed by atoms with van der Waals surface area (Å²) in [6, 6.07) is 1.53. The first kappa shape index (κ1) is 16.1. The number of anilines is 1. The number of thioether (sulfide) groups is 1. The van der Waals surface area contributed by atoms with Crippen LogP contribution < -0.4 is 10.9 Å². The van der Waals surface area contributed by atoms with Crippen molar-refractivity contribution in [1.29, 1.82) is 0 Å². The zero-order chi connectivity index (χ0) is 16.4. The van der Waals surface area contributed by atoms with Crippen LogP contribution in [-0.2, 0) is 10.5 Å². The van der Waals surface area contributed by atoms with Crippen LogP contribution in [0.1, 0.15) is 23.9 Å². The van der Waals surface area contributed by atoms with E-state index >= 15 is 0 Å². The lowest BCUT2D eigenvalue weighted by Gasteiger charge is -1.98. The second kappa shape index (κ2) is 6.77. The van der Waals surface area contributed by atoms with Gasteiger partial charge in [0.2, 0.25) is 11.0 Å². The molecule has 3 rings (SSSR count). The molecule has 0 aliphatic heterocycles. The molecule has 0 unspecified atom stereocenters. The van der Waals surface area contributed by atoms with E-state index in [-0.39, 0.29) is 11.5 Å². The molecule has 0 radical (unpaired) electrons. The highest BCUT2D eigenvalue weighted by atomic mass is 32.2. The first-order valence-corrected chi connectivity index (χ1v) is 9.42. The van der Waals surface area contributed by atoms with Gasteiger partial charge in [-0.25, -0.2) is 4.98 Å². The van der Waals surface area contributed by atoms with E-state index in [1.54, 1.807) is 17.5 Å². The van der Waals surface area contributed by atoms with Crippen molar-refractivity contribution in [3.63, 3.8) is 0 Å². The Kier molecular flexibility index (Phi) is 4.74. The zero-order valence-corrected chi connectivity index (χ0v) is 14.8. The Morgan fingerprint density at radius 2 is 2.22 bits per heavy atom. The topological polar surface area (TPSA) is 89.2 Å². The Morgan fingerprint density at radius 3 is 3.00 bits per heavy atom. The maximum atomic E-state index is 12.0. The number of nitrogens with zero attached hydrogens (tertiary/aromatic N) is 4. The number of carbonyl (C=O) groups is 1. The van der Waals surface area contributed by atoms with Crippen LogP contribution >= 0.6 is 34.4 Å². The van der Waals surface area contributed by atoms with Gasteiger partial charge in [-0.3, -0.25) is 14.0 Å². The lowest BCUT2D eigenvalue weighted by Crippen LogP contribution is -2.12. The molecule has 3 heterocycles. The number of aromatic nitrogens is 4. The fraction of sp³-hybridized carbons (Fsp3) is 0.308. The molecule has 120 valence electrons. The predicted molar refractivity (Wildman–Crippen MR) is 92.5 cm³/mol. The summed E-state index contributed by atoms with van der Waals surface area (Å²) in [7, 11) is 0. The quantitative estimate of drug-likeness (QED) is 0.551. The van der Waals surface area contributed by atoms with Gasteiger partial charge in [0.1, 0.15) is 0 Å². The normalized spacial score (nSPS) is 11.0. The van der Waals surface area contributed by atoms with Crippen molar-refractivity contribution < 1.29 is 4.79 Å². The van der Waals surface area contributed by atoms with Crippen molar-refractivity contribution in [2.24, 2.45) is 0 Å². The summed E-state index contributed by atoms with van der Waals surface area (Å²) in [5.74, 6) is 0.435. The average molecular weight is 367 g/mol. The largest absolute Gasteiger partial charge is 0.301 e. The standard InChI is InChI=1S/C13H13N5O2S3/c1-3-9(19)15-11-16-17-13(23-11)21-6-8-4-10(20)18-5-7(2)22-12(18)14-8/h4-5H,3,6H2,1-2H3,(H,15,16,19). The fourth-order valence-electron chi connectivity index (χ4n) is 1.79. The maximum absolute atomic E-state index is 12.0. The number of thiazole rings is 1. The summed E-state index contributed by atoms with van der Waals surface area (Å²) < 4.78 is 2.28. The van der Waals surface area contributed by atoms with Gasteiger partial charge in [-0.1, -0.05) is 30.0 Å². The first-order chi connectivity index (χ1) is 11.0. The van der Waals surface area contributed by atoms with Crippen LogP contribution in [0, 0.1) is 6.92 Å². The molecular formula is C13H13N5O2S3. The van der Waals surface area contributed by atoms with Crippen LogP contribution in [0.15, 0.2) is 21.4 Å². The van der Waals surface area contributed by atoms with E-state index in [1.807, 2.05) is 6.92 Å². The Bertz CT molecular complexity index is 914. The van der Waals surface area contributed by atoms with E-state index in [9.17, 15) is 9.59 Å². The van der Waals surface area contributed by atoms with E-state index in [0.29, 0.717) is 28.0 Å². The van der Waals surface area contributed by atoms with Crippen LogP contribution in [0.4, 0.5) is 5.13 Å². The second-order valence-electron chi connectivity index (χ2n) is 4.64. The number of amides is 1. The van der Waals surface area contributed by atoms with Gasteiger partial charge in [-0.15, -0.1) is 21.5 Å². The van der Waals surface area contributed by atoms with Crippen molar-refractivity contribution in [3.8, 4) is 0 Å². The van der Waals surface area contributed by atoms with Gasteiger partial charge in [0.25, 0.3) is 5.56 Å². The van der Waals surface area contributed by atoms with E-state index in [2.05, 4.69) is 20.5 Å². The Hall–Kier alpha value is -1.78. The van der Waals surface area contributed by atoms with E-state index < -0.39 is 0 Å². The molecule has 0 aliphatic rings. The number of hydrogen-bond acceptors (Lipinski definition) is 8. The summed E-state index contributed by atoms with van der Waals surface area (Å²) in [6.07, 6.45) is 2.19. The Balaban J connectivity index is 1.71. The molecule has 0 saturated heterocycles. The van der Waals surface area contributed by atoms with Crippen molar-refractivity contribution in [1.82, 2.24) is 19.6 Å². The number of rotatable bonds is 5. The molecular weight excluding hydrogens is 354 g/mol. The van der Waals surface area contributed by atoms with Gasteiger partial charge in [0.05, 0.1) is 5.69 Å². The van der Waals surface area contributed by atoms with Crippen molar-refractivity contribution in [2.75, 3.05) is 5.32 Å². The van der Waals surface area contributed by atoms with Crippen molar-refractivity contribution in [2.45, 2.75) is 30.4 Å². The molecule has 10 heteroatoms. The van der Waals surface area contributed by atoms with Crippen LogP contribution in [0.5, 0.6) is 0 Å². The number of aryl methyl sites for hydroxylation is 1. The summed E-state index contributed by atoms with van der Waals surface area (Å²) in [4.78, 5) is 29.6. The lowest BCUT2D eigenvalue weighted by atomic mass is 10.4. The molecule has 3 aromatic heterocycles. The average Bonchev–Trinajstić information content (AvgIpc) is 3.11. The molecule has 0 fully saturated rings. The number of nitrogens with one attached hydrogen (secondary N) is 1. The van der Waals surface area contributed by atoms with Crippen molar-refractivity contribution >= 4 is 50.4 Å². The van der Waals surface area contributed by atoms with E-state index in [4.69, 9.17) is 0 Å². The van der Waals surface area contributed by atoms with Gasteiger partial charge >= 0.3 is 0 Å². The minimum Gasteiger partial charge on any atom is -0.301 e. The van der Waals surface area contributed by atoms with Gasteiger partial charge in [0, 0.05) is 29.3 Å². The fourth-order valence-corrected chi connectivity index (χ4v) is 4.30. The Labute approximate surface area is 143 Å². The summed E-state index contributed by atoms with van der Waals surface area (Å²) in [5.41, 5.74) is 0.624. The molecule has 1 N–H and O–H groups in total. The molecule has 1 amide bonds. The molecule has 0 atom stereocenters. The minimum atomic E-state index is -0.0918. The molecule has 3 aromatic rings. The van der Waals surface area contributed by atoms with Gasteiger partial charge in [0.15, 0.2) is 9.30 Å². The third-order valence-corrected chi connectivity index (χ3v) is 5.76. The highest BCUT2D eigenvalue weighted by Crippen LogP contribution is 2.28. The van der Waals surface area contributed by atoms with E-state index in [1.165, 1.54) is 40.5 Å². The monoisotopic (exact) mass is 367 g/mol. The number of carbonyl (C=O) groups excluding carboxylic acids is 1. The Morgan fingerprint density at radius 1 is 1.39 bits per heavy atom. The van der Waals surface area contributed by atoms with Crippen LogP contribution in [-0.4, -0.2) is 25.5 Å². The predicted octanol–water partition coefficient (Wildman–Crippen LogP) is 2.56. The van der Waals surface area contributed by atoms with Crippen LogP contribution in [0.2, 0.25) is 0 Å². The van der Waals surface area contributed by atoms with Crippen LogP contribution in [0.25, 0.3) is 4.96 Å². The SMILES string of the molecule is CCC(=O)Nc1nnc(SCc2cc(=O)n3cc(C)sc3n2)s1.